The fourth-order valence-corrected chi connectivity index (χ4v) is 2.81. The van der Waals surface area contributed by atoms with Gasteiger partial charge in [0.1, 0.15) is 0 Å². The largest absolute Gasteiger partial charge is 0.170 e. The second-order valence-corrected chi connectivity index (χ2v) is 7.71. The number of benzene rings is 1. The molecular weight excluding hydrogens is 231 g/mol. The summed E-state index contributed by atoms with van der Waals surface area (Å²) in [4.78, 5) is 0. The third-order valence-electron chi connectivity index (χ3n) is 1.54. The first-order valence-electron chi connectivity index (χ1n) is 3.67. The van der Waals surface area contributed by atoms with E-state index in [1.54, 1.807) is 0 Å². The van der Waals surface area contributed by atoms with Crippen molar-refractivity contribution >= 4 is 42.4 Å². The number of hydrogen-bond acceptors (Lipinski definition) is 0. The summed E-state index contributed by atoms with van der Waals surface area (Å²) in [5.74, 6) is 0. The van der Waals surface area contributed by atoms with Crippen LogP contribution in [0.2, 0.25) is 5.02 Å². The lowest BCUT2D eigenvalue weighted by atomic mass is 10.2. The van der Waals surface area contributed by atoms with Crippen molar-refractivity contribution in [1.82, 2.24) is 0 Å². The van der Waals surface area contributed by atoms with E-state index in [0.29, 0.717) is 5.50 Å². The molecule has 0 amide bonds. The lowest BCUT2D eigenvalue weighted by Gasteiger charge is -2.02. The summed E-state index contributed by atoms with van der Waals surface area (Å²) in [7, 11) is -1.23. The van der Waals surface area contributed by atoms with Crippen LogP contribution >= 0.6 is 34.3 Å². The molecule has 0 spiro atoms. The second kappa shape index (κ2) is 5.13. The highest BCUT2D eigenvalue weighted by Gasteiger charge is 2.05. The average molecular weight is 240 g/mol. The molecule has 0 N–H and O–H groups in total. The average Bonchev–Trinajstić information content (AvgIpc) is 2.09. The highest BCUT2D eigenvalue weighted by atomic mass is 35.6. The Hall–Kier alpha value is 0.307. The van der Waals surface area contributed by atoms with Crippen LogP contribution in [0.25, 0.3) is 0 Å². The number of rotatable bonds is 3. The first-order chi connectivity index (χ1) is 5.72. The first kappa shape index (κ1) is 10.4. The Morgan fingerprint density at radius 1 is 1.17 bits per heavy atom. The Kier molecular flexibility index (Phi) is 4.44. The van der Waals surface area contributed by atoms with Gasteiger partial charge in [-0.15, -0.1) is 11.6 Å². The van der Waals surface area contributed by atoms with Crippen molar-refractivity contribution in [1.29, 1.82) is 0 Å². The van der Waals surface area contributed by atoms with E-state index in [1.165, 1.54) is 5.56 Å². The third-order valence-corrected chi connectivity index (χ3v) is 5.56. The normalized spacial score (nSPS) is 12.9. The van der Waals surface area contributed by atoms with Gasteiger partial charge >= 0.3 is 0 Å². The molecule has 1 atom stereocenters. The Morgan fingerprint density at radius 2 is 1.75 bits per heavy atom. The van der Waals surface area contributed by atoms with Crippen LogP contribution in [0.4, 0.5) is 0 Å². The molecule has 0 aromatic heterocycles. The van der Waals surface area contributed by atoms with Gasteiger partial charge in [0.25, 0.3) is 0 Å². The van der Waals surface area contributed by atoms with Gasteiger partial charge in [0.05, 0.1) is 0 Å². The second-order valence-electron chi connectivity index (χ2n) is 2.58. The van der Waals surface area contributed by atoms with Gasteiger partial charge in [0.2, 0.25) is 0 Å². The summed E-state index contributed by atoms with van der Waals surface area (Å²) in [6.45, 7) is 0. The molecule has 0 aliphatic heterocycles. The Balaban J connectivity index is 2.58. The van der Waals surface area contributed by atoms with Gasteiger partial charge in [-0.25, -0.2) is 0 Å². The SMILES string of the molecule is ClC[SiH](Cl)Cc1ccc(Cl)cc1. The molecular formula is C8H9Cl3Si. The van der Waals surface area contributed by atoms with Gasteiger partial charge in [-0.3, -0.25) is 0 Å². The Labute approximate surface area is 88.8 Å². The monoisotopic (exact) mass is 238 g/mol. The maximum atomic E-state index is 6.01. The molecule has 0 fully saturated rings. The van der Waals surface area contributed by atoms with E-state index in [0.717, 1.165) is 11.1 Å². The molecule has 0 aliphatic carbocycles. The lowest BCUT2D eigenvalue weighted by molar-refractivity contribution is 1.37. The Bertz CT molecular complexity index is 235. The van der Waals surface area contributed by atoms with Crippen LogP contribution in [0.1, 0.15) is 5.56 Å². The minimum absolute atomic E-state index is 0.615. The molecule has 4 heteroatoms. The number of hydrogen-bond donors (Lipinski definition) is 0. The maximum Gasteiger partial charge on any atom is 0.159 e. The fraction of sp³-hybridized carbons (Fsp3) is 0.250. The molecule has 1 aromatic carbocycles. The summed E-state index contributed by atoms with van der Waals surface area (Å²) < 4.78 is 0. The predicted molar refractivity (Wildman–Crippen MR) is 58.9 cm³/mol. The van der Waals surface area contributed by atoms with Crippen LogP contribution < -0.4 is 0 Å². The van der Waals surface area contributed by atoms with E-state index in [1.807, 2.05) is 24.3 Å². The molecule has 66 valence electrons. The minimum atomic E-state index is -1.23. The molecule has 1 rings (SSSR count). The topological polar surface area (TPSA) is 0 Å². The van der Waals surface area contributed by atoms with Gasteiger partial charge in [0.15, 0.2) is 8.11 Å². The molecule has 0 saturated heterocycles. The van der Waals surface area contributed by atoms with Crippen molar-refractivity contribution in [3.05, 3.63) is 34.9 Å². The van der Waals surface area contributed by atoms with E-state index in [-0.39, 0.29) is 0 Å². The summed E-state index contributed by atoms with van der Waals surface area (Å²) in [5.41, 5.74) is 1.84. The Morgan fingerprint density at radius 3 is 2.25 bits per heavy atom. The van der Waals surface area contributed by atoms with Crippen molar-refractivity contribution in [3.63, 3.8) is 0 Å². The van der Waals surface area contributed by atoms with Crippen molar-refractivity contribution in [2.75, 3.05) is 5.50 Å². The number of alkyl halides is 1. The van der Waals surface area contributed by atoms with Gasteiger partial charge in [-0.2, -0.15) is 11.1 Å². The zero-order chi connectivity index (χ0) is 8.97. The number of halogens is 3. The standard InChI is InChI=1S/C8H9Cl3Si/c9-6-12(11)5-7-1-3-8(10)4-2-7/h1-4,12H,5-6H2. The molecule has 1 unspecified atom stereocenters. The van der Waals surface area contributed by atoms with E-state index >= 15 is 0 Å². The fourth-order valence-electron chi connectivity index (χ4n) is 0.931. The molecule has 12 heavy (non-hydrogen) atoms. The molecule has 0 aliphatic rings. The van der Waals surface area contributed by atoms with Crippen molar-refractivity contribution < 1.29 is 0 Å². The lowest BCUT2D eigenvalue weighted by Crippen LogP contribution is -2.10. The van der Waals surface area contributed by atoms with Crippen LogP contribution in [0.5, 0.6) is 0 Å². The third kappa shape index (κ3) is 3.36. The van der Waals surface area contributed by atoms with Crippen molar-refractivity contribution in [2.24, 2.45) is 0 Å². The maximum absolute atomic E-state index is 6.01. The van der Waals surface area contributed by atoms with Crippen LogP contribution in [0.3, 0.4) is 0 Å². The predicted octanol–water partition coefficient (Wildman–Crippen LogP) is 3.16. The van der Waals surface area contributed by atoms with E-state index < -0.39 is 8.11 Å². The highest BCUT2D eigenvalue weighted by Crippen LogP contribution is 2.11. The smallest absolute Gasteiger partial charge is 0.159 e. The molecule has 0 heterocycles. The minimum Gasteiger partial charge on any atom is -0.170 e. The first-order valence-corrected chi connectivity index (χ1v) is 7.96. The van der Waals surface area contributed by atoms with Crippen LogP contribution in [-0.4, -0.2) is 13.6 Å². The molecule has 0 nitrogen and oxygen atoms in total. The van der Waals surface area contributed by atoms with Crippen molar-refractivity contribution in [2.45, 2.75) is 6.04 Å². The quantitative estimate of drug-likeness (QED) is 0.432. The van der Waals surface area contributed by atoms with Gasteiger partial charge in [-0.1, -0.05) is 23.7 Å². The van der Waals surface area contributed by atoms with E-state index in [2.05, 4.69) is 0 Å². The van der Waals surface area contributed by atoms with Crippen LogP contribution in [0.15, 0.2) is 24.3 Å². The summed E-state index contributed by atoms with van der Waals surface area (Å²) in [6.07, 6.45) is 0. The van der Waals surface area contributed by atoms with E-state index in [9.17, 15) is 0 Å². The van der Waals surface area contributed by atoms with Gasteiger partial charge in [0, 0.05) is 10.5 Å². The van der Waals surface area contributed by atoms with Gasteiger partial charge < -0.3 is 0 Å². The van der Waals surface area contributed by atoms with Crippen molar-refractivity contribution in [3.8, 4) is 0 Å². The van der Waals surface area contributed by atoms with Crippen LogP contribution in [-0.2, 0) is 6.04 Å². The molecule has 0 saturated carbocycles. The summed E-state index contributed by atoms with van der Waals surface area (Å²) in [5, 5.41) is 0.761. The zero-order valence-corrected chi connectivity index (χ0v) is 9.86. The molecule has 0 radical (unpaired) electrons. The molecule has 0 bridgehead atoms. The van der Waals surface area contributed by atoms with Crippen LogP contribution in [0, 0.1) is 0 Å². The highest BCUT2D eigenvalue weighted by molar-refractivity contribution is 7.09. The molecule has 1 aromatic rings. The van der Waals surface area contributed by atoms with E-state index in [4.69, 9.17) is 34.3 Å². The summed E-state index contributed by atoms with van der Waals surface area (Å²) in [6, 6.07) is 8.68. The summed E-state index contributed by atoms with van der Waals surface area (Å²) >= 11 is 17.4. The van der Waals surface area contributed by atoms with Gasteiger partial charge in [-0.05, 0) is 23.7 Å². The zero-order valence-electron chi connectivity index (χ0n) is 6.43.